The zero-order valence-corrected chi connectivity index (χ0v) is 11.9. The molecule has 0 unspecified atom stereocenters. The molecule has 0 saturated heterocycles. The third kappa shape index (κ3) is 4.30. The second kappa shape index (κ2) is 8.09. The smallest absolute Gasteiger partial charge is 0.0717 e. The maximum absolute atomic E-state index is 9.44. The summed E-state index contributed by atoms with van der Waals surface area (Å²) in [6, 6.07) is 2.09. The standard InChI is InChI=1S/C15H26N2O/c1-4-6-8-17(9-7-5-2)15-10-13(3)16-11-14(15)12-18/h10-11,18H,4-9,12H2,1-3H3. The van der Waals surface area contributed by atoms with E-state index >= 15 is 0 Å². The van der Waals surface area contributed by atoms with Gasteiger partial charge in [0.1, 0.15) is 0 Å². The van der Waals surface area contributed by atoms with Crippen molar-refractivity contribution in [3.63, 3.8) is 0 Å². The molecule has 1 aromatic rings. The molecule has 1 aromatic heterocycles. The number of aryl methyl sites for hydroxylation is 1. The van der Waals surface area contributed by atoms with E-state index in [1.165, 1.54) is 25.7 Å². The molecule has 1 N–H and O–H groups in total. The molecule has 18 heavy (non-hydrogen) atoms. The third-order valence-electron chi connectivity index (χ3n) is 3.17. The van der Waals surface area contributed by atoms with Gasteiger partial charge in [-0.25, -0.2) is 0 Å². The maximum Gasteiger partial charge on any atom is 0.0717 e. The highest BCUT2D eigenvalue weighted by atomic mass is 16.3. The largest absolute Gasteiger partial charge is 0.392 e. The number of aliphatic hydroxyl groups excluding tert-OH is 1. The van der Waals surface area contributed by atoms with Gasteiger partial charge in [-0.15, -0.1) is 0 Å². The van der Waals surface area contributed by atoms with E-state index in [4.69, 9.17) is 0 Å². The van der Waals surface area contributed by atoms with E-state index in [1.807, 2.05) is 6.92 Å². The van der Waals surface area contributed by atoms with Gasteiger partial charge in [0, 0.05) is 36.2 Å². The first-order valence-electron chi connectivity index (χ1n) is 7.04. The molecule has 0 aromatic carbocycles. The molecule has 0 spiro atoms. The molecule has 1 heterocycles. The molecule has 102 valence electrons. The van der Waals surface area contributed by atoms with Crippen LogP contribution >= 0.6 is 0 Å². The molecule has 0 fully saturated rings. The molecule has 0 saturated carbocycles. The van der Waals surface area contributed by atoms with Gasteiger partial charge in [-0.1, -0.05) is 26.7 Å². The van der Waals surface area contributed by atoms with E-state index in [0.29, 0.717) is 0 Å². The molecule has 0 radical (unpaired) electrons. The monoisotopic (exact) mass is 250 g/mol. The topological polar surface area (TPSA) is 36.4 Å². The van der Waals surface area contributed by atoms with Crippen LogP contribution < -0.4 is 4.90 Å². The minimum atomic E-state index is 0.0668. The van der Waals surface area contributed by atoms with Crippen LogP contribution in [-0.4, -0.2) is 23.2 Å². The Bertz CT molecular complexity index is 344. The van der Waals surface area contributed by atoms with Crippen molar-refractivity contribution in [1.29, 1.82) is 0 Å². The molecular weight excluding hydrogens is 224 g/mol. The number of anilines is 1. The normalized spacial score (nSPS) is 10.7. The van der Waals surface area contributed by atoms with E-state index in [9.17, 15) is 5.11 Å². The lowest BCUT2D eigenvalue weighted by molar-refractivity contribution is 0.281. The summed E-state index contributed by atoms with van der Waals surface area (Å²) in [6.07, 6.45) is 6.57. The van der Waals surface area contributed by atoms with Crippen LogP contribution in [0.1, 0.15) is 50.8 Å². The van der Waals surface area contributed by atoms with Crippen LogP contribution in [0.3, 0.4) is 0 Å². The highest BCUT2D eigenvalue weighted by molar-refractivity contribution is 5.53. The number of nitrogens with zero attached hydrogens (tertiary/aromatic N) is 2. The van der Waals surface area contributed by atoms with E-state index in [0.717, 1.165) is 30.0 Å². The Hall–Kier alpha value is -1.09. The Morgan fingerprint density at radius 2 is 1.78 bits per heavy atom. The minimum absolute atomic E-state index is 0.0668. The van der Waals surface area contributed by atoms with Crippen molar-refractivity contribution >= 4 is 5.69 Å². The number of aliphatic hydroxyl groups is 1. The summed E-state index contributed by atoms with van der Waals surface area (Å²) in [6.45, 7) is 8.62. The number of rotatable bonds is 8. The van der Waals surface area contributed by atoms with E-state index in [2.05, 4.69) is 29.8 Å². The Labute approximate surface area is 111 Å². The fourth-order valence-electron chi connectivity index (χ4n) is 2.04. The third-order valence-corrected chi connectivity index (χ3v) is 3.17. The van der Waals surface area contributed by atoms with Crippen molar-refractivity contribution in [2.75, 3.05) is 18.0 Å². The minimum Gasteiger partial charge on any atom is -0.392 e. The van der Waals surface area contributed by atoms with Crippen molar-refractivity contribution < 1.29 is 5.11 Å². The Morgan fingerprint density at radius 1 is 1.17 bits per heavy atom. The van der Waals surface area contributed by atoms with Crippen molar-refractivity contribution in [2.45, 2.75) is 53.1 Å². The van der Waals surface area contributed by atoms with Gasteiger partial charge in [0.25, 0.3) is 0 Å². The average Bonchev–Trinajstić information content (AvgIpc) is 2.39. The number of unbranched alkanes of at least 4 members (excludes halogenated alkanes) is 2. The summed E-state index contributed by atoms with van der Waals surface area (Å²) in [5.74, 6) is 0. The van der Waals surface area contributed by atoms with Crippen molar-refractivity contribution in [3.8, 4) is 0 Å². The van der Waals surface area contributed by atoms with Gasteiger partial charge in [0.05, 0.1) is 6.61 Å². The summed E-state index contributed by atoms with van der Waals surface area (Å²) in [4.78, 5) is 6.66. The molecule has 0 bridgehead atoms. The Balaban J connectivity index is 2.90. The quantitative estimate of drug-likeness (QED) is 0.769. The molecule has 0 atom stereocenters. The van der Waals surface area contributed by atoms with Gasteiger partial charge in [0.15, 0.2) is 0 Å². The zero-order chi connectivity index (χ0) is 13.4. The summed E-state index contributed by atoms with van der Waals surface area (Å²) in [7, 11) is 0. The second-order valence-corrected chi connectivity index (χ2v) is 4.81. The summed E-state index contributed by atoms with van der Waals surface area (Å²) >= 11 is 0. The number of aromatic nitrogens is 1. The van der Waals surface area contributed by atoms with Crippen LogP contribution in [0.5, 0.6) is 0 Å². The highest BCUT2D eigenvalue weighted by Crippen LogP contribution is 2.22. The molecule has 0 amide bonds. The zero-order valence-electron chi connectivity index (χ0n) is 11.9. The SMILES string of the molecule is CCCCN(CCCC)c1cc(C)ncc1CO. The molecular formula is C15H26N2O. The van der Waals surface area contributed by atoms with Crippen LogP contribution in [0.15, 0.2) is 12.3 Å². The fourth-order valence-corrected chi connectivity index (χ4v) is 2.04. The molecule has 3 nitrogen and oxygen atoms in total. The van der Waals surface area contributed by atoms with Gasteiger partial charge >= 0.3 is 0 Å². The van der Waals surface area contributed by atoms with Gasteiger partial charge < -0.3 is 10.0 Å². The lowest BCUT2D eigenvalue weighted by atomic mass is 10.1. The molecule has 3 heteroatoms. The van der Waals surface area contributed by atoms with Crippen molar-refractivity contribution in [2.24, 2.45) is 0 Å². The van der Waals surface area contributed by atoms with Gasteiger partial charge in [0.2, 0.25) is 0 Å². The number of pyridine rings is 1. The van der Waals surface area contributed by atoms with Crippen LogP contribution in [0, 0.1) is 6.92 Å². The van der Waals surface area contributed by atoms with E-state index in [-0.39, 0.29) is 6.61 Å². The van der Waals surface area contributed by atoms with E-state index in [1.54, 1.807) is 6.20 Å². The molecule has 0 aliphatic carbocycles. The van der Waals surface area contributed by atoms with Crippen LogP contribution in [0.2, 0.25) is 0 Å². The number of hydrogen-bond acceptors (Lipinski definition) is 3. The first-order chi connectivity index (χ1) is 8.72. The second-order valence-electron chi connectivity index (χ2n) is 4.81. The summed E-state index contributed by atoms with van der Waals surface area (Å²) in [5.41, 5.74) is 3.11. The first-order valence-corrected chi connectivity index (χ1v) is 7.04. The van der Waals surface area contributed by atoms with Crippen LogP contribution in [-0.2, 0) is 6.61 Å². The fraction of sp³-hybridized carbons (Fsp3) is 0.667. The van der Waals surface area contributed by atoms with Crippen molar-refractivity contribution in [1.82, 2.24) is 4.98 Å². The van der Waals surface area contributed by atoms with E-state index < -0.39 is 0 Å². The first kappa shape index (κ1) is 15.0. The lowest BCUT2D eigenvalue weighted by Gasteiger charge is -2.27. The predicted molar refractivity (Wildman–Crippen MR) is 76.9 cm³/mol. The molecule has 0 aliphatic rings. The average molecular weight is 250 g/mol. The molecule has 1 rings (SSSR count). The summed E-state index contributed by atoms with van der Waals surface area (Å²) in [5, 5.41) is 9.44. The van der Waals surface area contributed by atoms with Gasteiger partial charge in [-0.05, 0) is 25.8 Å². The Morgan fingerprint density at radius 3 is 2.28 bits per heavy atom. The van der Waals surface area contributed by atoms with Crippen molar-refractivity contribution in [3.05, 3.63) is 23.5 Å². The predicted octanol–water partition coefficient (Wildman–Crippen LogP) is 3.29. The lowest BCUT2D eigenvalue weighted by Crippen LogP contribution is -2.27. The van der Waals surface area contributed by atoms with Gasteiger partial charge in [-0.3, -0.25) is 4.98 Å². The van der Waals surface area contributed by atoms with Crippen LogP contribution in [0.25, 0.3) is 0 Å². The Kier molecular flexibility index (Phi) is 6.73. The van der Waals surface area contributed by atoms with Gasteiger partial charge in [-0.2, -0.15) is 0 Å². The number of hydrogen-bond donors (Lipinski definition) is 1. The summed E-state index contributed by atoms with van der Waals surface area (Å²) < 4.78 is 0. The molecule has 0 aliphatic heterocycles. The highest BCUT2D eigenvalue weighted by Gasteiger charge is 2.11. The van der Waals surface area contributed by atoms with Crippen LogP contribution in [0.4, 0.5) is 5.69 Å². The maximum atomic E-state index is 9.44.